The monoisotopic (exact) mass is 476 g/mol. The summed E-state index contributed by atoms with van der Waals surface area (Å²) in [6, 6.07) is 0.428. The molecule has 0 bridgehead atoms. The quantitative estimate of drug-likeness (QED) is 0.377. The van der Waals surface area contributed by atoms with E-state index in [1.165, 1.54) is 11.9 Å². The molecule has 8 nitrogen and oxygen atoms in total. The highest BCUT2D eigenvalue weighted by atomic mass is 19.4. The standard InChI is InChI=1S/C19H18F6N6O2/c1-28(2)4-5-31-14(16(32)29(3)17(31)33)9-30-10-26-15(27-30)11-6-12(18(20,21)22)8-13(7-11)19(23,24)25/h6-10H,4-5H2,1-3H3/b14-9-. The van der Waals surface area contributed by atoms with E-state index < -0.39 is 46.8 Å². The lowest BCUT2D eigenvalue weighted by Gasteiger charge is -2.18. The fourth-order valence-corrected chi connectivity index (χ4v) is 2.98. The lowest BCUT2D eigenvalue weighted by Crippen LogP contribution is -2.34. The van der Waals surface area contributed by atoms with Crippen LogP contribution in [-0.4, -0.2) is 75.6 Å². The number of amides is 3. The zero-order valence-electron chi connectivity index (χ0n) is 17.6. The molecule has 178 valence electrons. The Morgan fingerprint density at radius 2 is 1.58 bits per heavy atom. The summed E-state index contributed by atoms with van der Waals surface area (Å²) in [5.74, 6) is -1.07. The highest BCUT2D eigenvalue weighted by Crippen LogP contribution is 2.38. The molecule has 1 fully saturated rings. The topological polar surface area (TPSA) is 74.6 Å². The van der Waals surface area contributed by atoms with Crippen LogP contribution < -0.4 is 0 Å². The van der Waals surface area contributed by atoms with E-state index >= 15 is 0 Å². The molecule has 33 heavy (non-hydrogen) atoms. The van der Waals surface area contributed by atoms with Crippen molar-refractivity contribution in [2.45, 2.75) is 12.4 Å². The van der Waals surface area contributed by atoms with Gasteiger partial charge < -0.3 is 4.90 Å². The SMILES string of the molecule is CN(C)CCN1C(=O)N(C)C(=O)/C1=C/n1cnc(-c2cc(C(F)(F)F)cc(C(F)(F)F)c2)n1. The zero-order chi connectivity index (χ0) is 24.7. The number of hydrogen-bond donors (Lipinski definition) is 0. The van der Waals surface area contributed by atoms with Gasteiger partial charge in [-0.3, -0.25) is 14.6 Å². The lowest BCUT2D eigenvalue weighted by atomic mass is 10.0. The van der Waals surface area contributed by atoms with Gasteiger partial charge in [-0.2, -0.15) is 26.3 Å². The first-order valence-corrected chi connectivity index (χ1v) is 9.35. The Hall–Kier alpha value is -3.42. The Labute approximate surface area is 183 Å². The first-order chi connectivity index (χ1) is 15.2. The first-order valence-electron chi connectivity index (χ1n) is 9.35. The molecule has 0 spiro atoms. The fraction of sp³-hybridized carbons (Fsp3) is 0.368. The van der Waals surface area contributed by atoms with Gasteiger partial charge in [0.15, 0.2) is 5.82 Å². The Morgan fingerprint density at radius 1 is 1.00 bits per heavy atom. The second kappa shape index (κ2) is 8.50. The van der Waals surface area contributed by atoms with E-state index in [2.05, 4.69) is 10.1 Å². The fourth-order valence-electron chi connectivity index (χ4n) is 2.98. The van der Waals surface area contributed by atoms with Crippen molar-refractivity contribution >= 4 is 18.1 Å². The van der Waals surface area contributed by atoms with E-state index in [9.17, 15) is 35.9 Å². The molecule has 14 heteroatoms. The molecule has 3 amide bonds. The minimum absolute atomic E-state index is 0.00371. The van der Waals surface area contributed by atoms with Crippen LogP contribution in [-0.2, 0) is 17.1 Å². The molecule has 2 heterocycles. The second-order valence-electron chi connectivity index (χ2n) is 7.46. The van der Waals surface area contributed by atoms with Crippen LogP contribution in [0.1, 0.15) is 11.1 Å². The summed E-state index contributed by atoms with van der Waals surface area (Å²) in [6.45, 7) is 0.592. The third-order valence-corrected chi connectivity index (χ3v) is 4.71. The molecule has 1 aliphatic rings. The first kappa shape index (κ1) is 24.2. The van der Waals surface area contributed by atoms with Crippen LogP contribution in [0.25, 0.3) is 17.6 Å². The Kier molecular flexibility index (Phi) is 6.24. The largest absolute Gasteiger partial charge is 0.416 e. The van der Waals surface area contributed by atoms with E-state index in [4.69, 9.17) is 0 Å². The van der Waals surface area contributed by atoms with Gasteiger partial charge >= 0.3 is 18.4 Å². The molecule has 0 aliphatic carbocycles. The number of alkyl halides is 6. The van der Waals surface area contributed by atoms with Gasteiger partial charge in [-0.15, -0.1) is 5.10 Å². The predicted octanol–water partition coefficient (Wildman–Crippen LogP) is 3.24. The van der Waals surface area contributed by atoms with E-state index in [1.807, 2.05) is 0 Å². The summed E-state index contributed by atoms with van der Waals surface area (Å²) < 4.78 is 79.6. The number of hydrogen-bond acceptors (Lipinski definition) is 5. The van der Waals surface area contributed by atoms with Gasteiger partial charge in [0, 0.05) is 25.7 Å². The molecular formula is C19H18F6N6O2. The summed E-state index contributed by atoms with van der Waals surface area (Å²) in [4.78, 5) is 32.4. The minimum Gasteiger partial charge on any atom is -0.308 e. The molecule has 2 aromatic rings. The van der Waals surface area contributed by atoms with Crippen LogP contribution >= 0.6 is 0 Å². The Balaban J connectivity index is 2.00. The normalized spacial score (nSPS) is 16.6. The Morgan fingerprint density at radius 3 is 2.09 bits per heavy atom. The number of aromatic nitrogens is 3. The number of nitrogens with zero attached hydrogens (tertiary/aromatic N) is 6. The smallest absolute Gasteiger partial charge is 0.308 e. The van der Waals surface area contributed by atoms with Crippen molar-refractivity contribution in [1.82, 2.24) is 29.5 Å². The average molecular weight is 476 g/mol. The highest BCUT2D eigenvalue weighted by molar-refractivity contribution is 6.12. The van der Waals surface area contributed by atoms with Crippen molar-refractivity contribution in [2.75, 3.05) is 34.2 Å². The lowest BCUT2D eigenvalue weighted by molar-refractivity contribution is -0.143. The van der Waals surface area contributed by atoms with Crippen LogP contribution in [0.15, 0.2) is 30.2 Å². The molecule has 1 saturated heterocycles. The van der Waals surface area contributed by atoms with Crippen LogP contribution in [0.5, 0.6) is 0 Å². The molecule has 0 radical (unpaired) electrons. The predicted molar refractivity (Wildman–Crippen MR) is 103 cm³/mol. The molecule has 0 unspecified atom stereocenters. The van der Waals surface area contributed by atoms with Gasteiger partial charge in [0.1, 0.15) is 12.0 Å². The summed E-state index contributed by atoms with van der Waals surface area (Å²) in [7, 11) is 4.81. The number of likely N-dealkylation sites (N-methyl/N-ethyl adjacent to an activating group) is 2. The number of benzene rings is 1. The number of imide groups is 1. The van der Waals surface area contributed by atoms with Gasteiger partial charge in [-0.25, -0.2) is 14.5 Å². The maximum atomic E-state index is 13.1. The molecule has 0 saturated carbocycles. The molecule has 1 aromatic carbocycles. The zero-order valence-corrected chi connectivity index (χ0v) is 17.6. The minimum atomic E-state index is -5.02. The third-order valence-electron chi connectivity index (χ3n) is 4.71. The van der Waals surface area contributed by atoms with Crippen molar-refractivity contribution in [3.05, 3.63) is 41.4 Å². The second-order valence-corrected chi connectivity index (χ2v) is 7.46. The van der Waals surface area contributed by atoms with Crippen LogP contribution in [0, 0.1) is 0 Å². The number of carbonyl (C=O) groups is 2. The average Bonchev–Trinajstić information content (AvgIpc) is 3.25. The van der Waals surface area contributed by atoms with Gasteiger partial charge in [-0.05, 0) is 32.3 Å². The molecule has 1 aromatic heterocycles. The van der Waals surface area contributed by atoms with Crippen molar-refractivity contribution in [3.8, 4) is 11.4 Å². The molecule has 0 N–H and O–H groups in total. The maximum Gasteiger partial charge on any atom is 0.416 e. The molecule has 0 atom stereocenters. The van der Waals surface area contributed by atoms with Crippen LogP contribution in [0.3, 0.4) is 0 Å². The van der Waals surface area contributed by atoms with Crippen molar-refractivity contribution in [3.63, 3.8) is 0 Å². The number of carbonyl (C=O) groups excluding carboxylic acids is 2. The molecule has 3 rings (SSSR count). The van der Waals surface area contributed by atoms with Crippen molar-refractivity contribution in [1.29, 1.82) is 0 Å². The summed E-state index contributed by atoms with van der Waals surface area (Å²) >= 11 is 0. The van der Waals surface area contributed by atoms with Crippen molar-refractivity contribution in [2.24, 2.45) is 0 Å². The maximum absolute atomic E-state index is 13.1. The number of rotatable bonds is 5. The van der Waals surface area contributed by atoms with E-state index in [0.717, 1.165) is 22.1 Å². The van der Waals surface area contributed by atoms with E-state index in [-0.39, 0.29) is 18.3 Å². The van der Waals surface area contributed by atoms with Crippen molar-refractivity contribution < 1.29 is 35.9 Å². The summed E-state index contributed by atoms with van der Waals surface area (Å²) in [6.07, 6.45) is -7.90. The van der Waals surface area contributed by atoms with Crippen LogP contribution in [0.2, 0.25) is 0 Å². The van der Waals surface area contributed by atoms with E-state index in [1.54, 1.807) is 19.0 Å². The highest BCUT2D eigenvalue weighted by Gasteiger charge is 2.39. The molecular weight excluding hydrogens is 458 g/mol. The Bertz CT molecular complexity index is 1070. The van der Waals surface area contributed by atoms with E-state index in [0.29, 0.717) is 18.7 Å². The van der Waals surface area contributed by atoms with Gasteiger partial charge in [0.25, 0.3) is 5.91 Å². The number of urea groups is 1. The van der Waals surface area contributed by atoms with Gasteiger partial charge in [0.2, 0.25) is 0 Å². The van der Waals surface area contributed by atoms with Gasteiger partial charge in [0.05, 0.1) is 17.3 Å². The van der Waals surface area contributed by atoms with Gasteiger partial charge in [-0.1, -0.05) is 0 Å². The summed E-state index contributed by atoms with van der Waals surface area (Å²) in [5, 5.41) is 3.88. The third kappa shape index (κ3) is 5.16. The van der Waals surface area contributed by atoms with Crippen LogP contribution in [0.4, 0.5) is 31.1 Å². The summed E-state index contributed by atoms with van der Waals surface area (Å²) in [5.41, 5.74) is -3.59. The number of halogens is 6. The molecule has 1 aliphatic heterocycles.